The van der Waals surface area contributed by atoms with Crippen molar-refractivity contribution in [3.63, 3.8) is 0 Å². The Morgan fingerprint density at radius 2 is 1.85 bits per heavy atom. The number of carbonyl (C=O) groups excluding carboxylic acids is 3. The van der Waals surface area contributed by atoms with Crippen LogP contribution in [-0.2, 0) is 19.1 Å². The smallest absolute Gasteiger partial charge is 0.344 e. The van der Waals surface area contributed by atoms with E-state index in [0.717, 1.165) is 0 Å². The molecule has 0 saturated heterocycles. The molecule has 0 aromatic heterocycles. The number of anilines is 1. The van der Waals surface area contributed by atoms with E-state index in [1.807, 2.05) is 6.07 Å². The van der Waals surface area contributed by atoms with Gasteiger partial charge in [0.05, 0.1) is 31.4 Å². The number of nitriles is 1. The fraction of sp³-hybridized carbons (Fsp3) is 0.217. The van der Waals surface area contributed by atoms with Crippen LogP contribution in [0.2, 0.25) is 5.02 Å². The number of amides is 1. The van der Waals surface area contributed by atoms with Crippen molar-refractivity contribution in [2.45, 2.75) is 6.92 Å². The van der Waals surface area contributed by atoms with Gasteiger partial charge in [-0.1, -0.05) is 11.6 Å². The van der Waals surface area contributed by atoms with Crippen LogP contribution in [-0.4, -0.2) is 45.3 Å². The lowest BCUT2D eigenvalue weighted by Gasteiger charge is -2.13. The Morgan fingerprint density at radius 1 is 1.15 bits per heavy atom. The van der Waals surface area contributed by atoms with Crippen molar-refractivity contribution in [1.82, 2.24) is 0 Å². The van der Waals surface area contributed by atoms with Crippen LogP contribution in [0.3, 0.4) is 0 Å². The zero-order valence-corrected chi connectivity index (χ0v) is 18.9. The van der Waals surface area contributed by atoms with Crippen molar-refractivity contribution in [2.24, 2.45) is 0 Å². The molecule has 0 aliphatic carbocycles. The van der Waals surface area contributed by atoms with Crippen LogP contribution in [0, 0.1) is 11.3 Å². The number of benzene rings is 2. The average Bonchev–Trinajstić information content (AvgIpc) is 2.81. The monoisotopic (exact) mass is 472 g/mol. The lowest BCUT2D eigenvalue weighted by molar-refractivity contribution is -0.145. The molecule has 0 saturated carbocycles. The summed E-state index contributed by atoms with van der Waals surface area (Å²) in [7, 11) is 2.65. The van der Waals surface area contributed by atoms with E-state index in [2.05, 4.69) is 10.1 Å². The molecule has 2 aromatic rings. The Labute approximate surface area is 195 Å². The zero-order chi connectivity index (χ0) is 24.4. The first-order valence-corrected chi connectivity index (χ1v) is 9.98. The number of nitrogens with zero attached hydrogens (tertiary/aromatic N) is 1. The van der Waals surface area contributed by atoms with Gasteiger partial charge in [-0.05, 0) is 55.0 Å². The summed E-state index contributed by atoms with van der Waals surface area (Å²) in [4.78, 5) is 35.6. The van der Waals surface area contributed by atoms with Gasteiger partial charge in [0.25, 0.3) is 5.91 Å². The Hall–Kier alpha value is -4.03. The quantitative estimate of drug-likeness (QED) is 0.333. The summed E-state index contributed by atoms with van der Waals surface area (Å²) >= 11 is 6.25. The summed E-state index contributed by atoms with van der Waals surface area (Å²) in [5, 5.41) is 12.1. The molecule has 0 aliphatic heterocycles. The van der Waals surface area contributed by atoms with Crippen LogP contribution < -0.4 is 14.8 Å². The van der Waals surface area contributed by atoms with Gasteiger partial charge < -0.3 is 24.3 Å². The molecule has 2 aromatic carbocycles. The van der Waals surface area contributed by atoms with E-state index in [0.29, 0.717) is 16.8 Å². The van der Waals surface area contributed by atoms with Crippen LogP contribution >= 0.6 is 11.6 Å². The van der Waals surface area contributed by atoms with E-state index in [1.165, 1.54) is 56.7 Å². The fourth-order valence-electron chi connectivity index (χ4n) is 2.62. The topological polar surface area (TPSA) is 124 Å². The fourth-order valence-corrected chi connectivity index (χ4v) is 2.89. The van der Waals surface area contributed by atoms with E-state index in [1.54, 1.807) is 6.92 Å². The molecule has 0 atom stereocenters. The molecule has 1 amide bonds. The second-order valence-electron chi connectivity index (χ2n) is 6.32. The predicted molar refractivity (Wildman–Crippen MR) is 120 cm³/mol. The van der Waals surface area contributed by atoms with E-state index >= 15 is 0 Å². The summed E-state index contributed by atoms with van der Waals surface area (Å²) in [6.45, 7) is 1.53. The van der Waals surface area contributed by atoms with Crippen LogP contribution in [0.5, 0.6) is 11.5 Å². The molecule has 0 spiro atoms. The largest absolute Gasteiger partial charge is 0.493 e. The first-order chi connectivity index (χ1) is 15.8. The highest BCUT2D eigenvalue weighted by atomic mass is 35.5. The Balaban J connectivity index is 2.21. The third-order valence-electron chi connectivity index (χ3n) is 4.13. The number of hydrogen-bond donors (Lipinski definition) is 1. The standard InChI is InChI=1S/C23H21ClN2O7/c1-4-32-20(27)13-33-21-18(24)10-14(11-19(21)30-2)9-16(12-25)22(28)26-17-7-5-15(6-8-17)23(29)31-3/h5-11H,4,13H2,1-3H3,(H,26,28)/b16-9+. The Morgan fingerprint density at radius 3 is 2.42 bits per heavy atom. The molecule has 0 radical (unpaired) electrons. The van der Waals surface area contributed by atoms with E-state index in [9.17, 15) is 19.6 Å². The molecule has 9 nitrogen and oxygen atoms in total. The summed E-state index contributed by atoms with van der Waals surface area (Å²) < 4.78 is 20.1. The Bertz CT molecular complexity index is 1110. The first-order valence-electron chi connectivity index (χ1n) is 9.60. The van der Waals surface area contributed by atoms with Crippen LogP contribution in [0.25, 0.3) is 6.08 Å². The number of rotatable bonds is 9. The van der Waals surface area contributed by atoms with Gasteiger partial charge in [-0.3, -0.25) is 4.79 Å². The van der Waals surface area contributed by atoms with Crippen molar-refractivity contribution >= 4 is 41.2 Å². The van der Waals surface area contributed by atoms with Crippen molar-refractivity contribution < 1.29 is 33.3 Å². The number of nitrogens with one attached hydrogen (secondary N) is 1. The third kappa shape index (κ3) is 6.98. The van der Waals surface area contributed by atoms with Gasteiger partial charge in [-0.25, -0.2) is 9.59 Å². The van der Waals surface area contributed by atoms with E-state index in [4.69, 9.17) is 25.8 Å². The maximum atomic E-state index is 12.5. The summed E-state index contributed by atoms with van der Waals surface area (Å²) in [5.41, 5.74) is 0.893. The molecule has 10 heteroatoms. The number of carbonyl (C=O) groups is 3. The van der Waals surface area contributed by atoms with Gasteiger partial charge in [0.15, 0.2) is 18.1 Å². The van der Waals surface area contributed by atoms with Crippen LogP contribution in [0.15, 0.2) is 42.0 Å². The number of ether oxygens (including phenoxy) is 4. The second kappa shape index (κ2) is 12.1. The minimum Gasteiger partial charge on any atom is -0.493 e. The number of esters is 2. The van der Waals surface area contributed by atoms with Gasteiger partial charge in [0.2, 0.25) is 0 Å². The minimum absolute atomic E-state index is 0.112. The Kier molecular flexibility index (Phi) is 9.27. The zero-order valence-electron chi connectivity index (χ0n) is 18.1. The van der Waals surface area contributed by atoms with Gasteiger partial charge in [0, 0.05) is 5.69 Å². The van der Waals surface area contributed by atoms with Crippen molar-refractivity contribution in [3.8, 4) is 17.6 Å². The van der Waals surface area contributed by atoms with Gasteiger partial charge in [-0.2, -0.15) is 5.26 Å². The normalized spacial score (nSPS) is 10.6. The van der Waals surface area contributed by atoms with Crippen molar-refractivity contribution in [1.29, 1.82) is 5.26 Å². The van der Waals surface area contributed by atoms with E-state index in [-0.39, 0.29) is 35.3 Å². The number of methoxy groups -OCH3 is 2. The highest BCUT2D eigenvalue weighted by Crippen LogP contribution is 2.37. The summed E-state index contributed by atoms with van der Waals surface area (Å²) in [6, 6.07) is 10.8. The molecule has 172 valence electrons. The number of halogens is 1. The summed E-state index contributed by atoms with van der Waals surface area (Å²) in [5.74, 6) is -1.41. The van der Waals surface area contributed by atoms with Crippen LogP contribution in [0.4, 0.5) is 5.69 Å². The number of hydrogen-bond acceptors (Lipinski definition) is 8. The van der Waals surface area contributed by atoms with Gasteiger partial charge in [-0.15, -0.1) is 0 Å². The molecular weight excluding hydrogens is 452 g/mol. The lowest BCUT2D eigenvalue weighted by atomic mass is 10.1. The lowest BCUT2D eigenvalue weighted by Crippen LogP contribution is -2.15. The van der Waals surface area contributed by atoms with Gasteiger partial charge >= 0.3 is 11.9 Å². The van der Waals surface area contributed by atoms with Crippen LogP contribution in [0.1, 0.15) is 22.8 Å². The molecule has 2 rings (SSSR count). The highest BCUT2D eigenvalue weighted by molar-refractivity contribution is 6.32. The molecule has 1 N–H and O–H groups in total. The average molecular weight is 473 g/mol. The molecule has 33 heavy (non-hydrogen) atoms. The SMILES string of the molecule is CCOC(=O)COc1c(Cl)cc(/C=C(\C#N)C(=O)Nc2ccc(C(=O)OC)cc2)cc1OC. The second-order valence-corrected chi connectivity index (χ2v) is 6.73. The molecule has 0 heterocycles. The molecular formula is C23H21ClN2O7. The minimum atomic E-state index is -0.666. The van der Waals surface area contributed by atoms with Crippen molar-refractivity contribution in [3.05, 3.63) is 58.1 Å². The highest BCUT2D eigenvalue weighted by Gasteiger charge is 2.16. The van der Waals surface area contributed by atoms with E-state index < -0.39 is 17.8 Å². The first kappa shape index (κ1) is 25.2. The summed E-state index contributed by atoms with van der Waals surface area (Å²) in [6.07, 6.45) is 1.32. The maximum Gasteiger partial charge on any atom is 0.344 e. The molecule has 0 aliphatic rings. The van der Waals surface area contributed by atoms with Crippen molar-refractivity contribution in [2.75, 3.05) is 32.8 Å². The molecule has 0 unspecified atom stereocenters. The maximum absolute atomic E-state index is 12.5. The predicted octanol–water partition coefficient (Wildman–Crippen LogP) is 3.62. The molecule has 0 fully saturated rings. The van der Waals surface area contributed by atoms with Gasteiger partial charge in [0.1, 0.15) is 11.6 Å². The molecule has 0 bridgehead atoms. The third-order valence-corrected chi connectivity index (χ3v) is 4.41.